The Labute approximate surface area is 172 Å². The minimum Gasteiger partial charge on any atom is -0.489 e. The number of aryl methyl sites for hydroxylation is 1. The zero-order valence-electron chi connectivity index (χ0n) is 17.9. The number of oxime groups is 1. The van der Waals surface area contributed by atoms with Crippen LogP contribution in [0.1, 0.15) is 44.4 Å². The van der Waals surface area contributed by atoms with Gasteiger partial charge in [0.2, 0.25) is 0 Å². The minimum atomic E-state index is -0.399. The molecule has 0 bridgehead atoms. The molecule has 7 nitrogen and oxygen atoms in total. The summed E-state index contributed by atoms with van der Waals surface area (Å²) in [7, 11) is 1.49. The highest BCUT2D eigenvalue weighted by Crippen LogP contribution is 2.23. The summed E-state index contributed by atoms with van der Waals surface area (Å²) < 4.78 is 6.00. The van der Waals surface area contributed by atoms with Crippen molar-refractivity contribution in [3.05, 3.63) is 59.2 Å². The molecule has 0 fully saturated rings. The second-order valence-corrected chi connectivity index (χ2v) is 7.84. The first-order valence-corrected chi connectivity index (χ1v) is 9.41. The molecule has 2 aromatic carbocycles. The molecule has 0 aromatic heterocycles. The SMILES string of the molecule is CC(=NOC(C)(C)C)c1cccc(OCc2c(C)cccc2NC(=O)N(C)N)c1. The number of hydrogen-bond acceptors (Lipinski definition) is 5. The Morgan fingerprint density at radius 1 is 1.21 bits per heavy atom. The van der Waals surface area contributed by atoms with Crippen LogP contribution in [-0.4, -0.2) is 29.4 Å². The van der Waals surface area contributed by atoms with E-state index in [9.17, 15) is 4.79 Å². The third-order valence-electron chi connectivity index (χ3n) is 4.06. The van der Waals surface area contributed by atoms with E-state index in [2.05, 4.69) is 10.5 Å². The summed E-state index contributed by atoms with van der Waals surface area (Å²) in [5, 5.41) is 7.99. The van der Waals surface area contributed by atoms with E-state index in [1.54, 1.807) is 0 Å². The van der Waals surface area contributed by atoms with E-state index < -0.39 is 6.03 Å². The van der Waals surface area contributed by atoms with Gasteiger partial charge in [-0.1, -0.05) is 29.4 Å². The number of urea groups is 1. The third kappa shape index (κ3) is 6.80. The highest BCUT2D eigenvalue weighted by atomic mass is 16.6. The van der Waals surface area contributed by atoms with Crippen molar-refractivity contribution >= 4 is 17.4 Å². The van der Waals surface area contributed by atoms with Crippen LogP contribution in [0.5, 0.6) is 5.75 Å². The quantitative estimate of drug-likeness (QED) is 0.326. The van der Waals surface area contributed by atoms with E-state index in [-0.39, 0.29) is 5.60 Å². The fourth-order valence-electron chi connectivity index (χ4n) is 2.44. The van der Waals surface area contributed by atoms with Crippen molar-refractivity contribution in [2.45, 2.75) is 46.8 Å². The molecular weight excluding hydrogens is 368 g/mol. The average Bonchev–Trinajstić information content (AvgIpc) is 2.65. The predicted molar refractivity (Wildman–Crippen MR) is 116 cm³/mol. The van der Waals surface area contributed by atoms with E-state index >= 15 is 0 Å². The van der Waals surface area contributed by atoms with Crippen molar-refractivity contribution in [3.8, 4) is 5.75 Å². The second-order valence-electron chi connectivity index (χ2n) is 7.84. The van der Waals surface area contributed by atoms with Crippen LogP contribution in [0, 0.1) is 6.92 Å². The molecular formula is C22H30N4O3. The van der Waals surface area contributed by atoms with Crippen LogP contribution in [0.25, 0.3) is 0 Å². The van der Waals surface area contributed by atoms with Crippen LogP contribution in [0.15, 0.2) is 47.6 Å². The number of hydrazine groups is 1. The maximum atomic E-state index is 11.9. The number of rotatable bonds is 6. The number of ether oxygens (including phenoxy) is 1. The maximum absolute atomic E-state index is 11.9. The number of anilines is 1. The van der Waals surface area contributed by atoms with Crippen LogP contribution < -0.4 is 15.9 Å². The summed E-state index contributed by atoms with van der Waals surface area (Å²) >= 11 is 0. The van der Waals surface area contributed by atoms with Gasteiger partial charge in [0, 0.05) is 23.9 Å². The van der Waals surface area contributed by atoms with E-state index in [0.29, 0.717) is 18.0 Å². The van der Waals surface area contributed by atoms with Gasteiger partial charge in [0.05, 0.1) is 5.71 Å². The van der Waals surface area contributed by atoms with E-state index in [1.165, 1.54) is 7.05 Å². The summed E-state index contributed by atoms with van der Waals surface area (Å²) in [6, 6.07) is 12.9. The fourth-order valence-corrected chi connectivity index (χ4v) is 2.44. The van der Waals surface area contributed by atoms with Gasteiger partial charge in [-0.05, 0) is 58.4 Å². The third-order valence-corrected chi connectivity index (χ3v) is 4.06. The number of hydrogen-bond donors (Lipinski definition) is 2. The van der Waals surface area contributed by atoms with Gasteiger partial charge in [-0.15, -0.1) is 0 Å². The van der Waals surface area contributed by atoms with Crippen LogP contribution in [0.4, 0.5) is 10.5 Å². The van der Waals surface area contributed by atoms with Crippen molar-refractivity contribution in [3.63, 3.8) is 0 Å². The van der Waals surface area contributed by atoms with Crippen molar-refractivity contribution in [1.82, 2.24) is 5.01 Å². The molecule has 29 heavy (non-hydrogen) atoms. The molecule has 0 saturated carbocycles. The highest BCUT2D eigenvalue weighted by Gasteiger charge is 2.13. The smallest absolute Gasteiger partial charge is 0.335 e. The fraction of sp³-hybridized carbons (Fsp3) is 0.364. The summed E-state index contributed by atoms with van der Waals surface area (Å²) in [5.41, 5.74) is 3.89. The summed E-state index contributed by atoms with van der Waals surface area (Å²) in [6.07, 6.45) is 0. The van der Waals surface area contributed by atoms with Gasteiger partial charge in [-0.2, -0.15) is 0 Å². The number of benzene rings is 2. The molecule has 0 atom stereocenters. The molecule has 0 aliphatic carbocycles. The lowest BCUT2D eigenvalue weighted by atomic mass is 10.1. The molecule has 0 aliphatic rings. The zero-order chi connectivity index (χ0) is 21.6. The number of nitrogens with zero attached hydrogens (tertiary/aromatic N) is 2. The van der Waals surface area contributed by atoms with Gasteiger partial charge in [0.15, 0.2) is 0 Å². The van der Waals surface area contributed by atoms with Gasteiger partial charge in [-0.25, -0.2) is 10.6 Å². The van der Waals surface area contributed by atoms with Crippen molar-refractivity contribution in [2.24, 2.45) is 11.0 Å². The minimum absolute atomic E-state index is 0.300. The number of nitrogens with one attached hydrogen (secondary N) is 1. The lowest BCUT2D eigenvalue weighted by molar-refractivity contribution is 0.000954. The number of amides is 2. The average molecular weight is 399 g/mol. The van der Waals surface area contributed by atoms with Crippen molar-refractivity contribution in [2.75, 3.05) is 12.4 Å². The number of nitrogens with two attached hydrogens (primary N) is 1. The van der Waals surface area contributed by atoms with Crippen LogP contribution in [0.2, 0.25) is 0 Å². The standard InChI is InChI=1S/C22H30N4O3/c1-15-9-7-12-20(24-21(27)26(6)23)19(15)14-28-18-11-8-10-17(13-18)16(2)25-29-22(3,4)5/h7-13H,14,23H2,1-6H3,(H,24,27). The number of carbonyl (C=O) groups excluding carboxylic acids is 1. The predicted octanol–water partition coefficient (Wildman–Crippen LogP) is 4.45. The molecule has 2 aromatic rings. The molecule has 3 N–H and O–H groups in total. The summed E-state index contributed by atoms with van der Waals surface area (Å²) in [6.45, 7) is 10.0. The monoisotopic (exact) mass is 398 g/mol. The van der Waals surface area contributed by atoms with E-state index in [4.69, 9.17) is 15.4 Å². The first-order valence-electron chi connectivity index (χ1n) is 9.41. The van der Waals surface area contributed by atoms with E-state index in [0.717, 1.165) is 27.4 Å². The van der Waals surface area contributed by atoms with E-state index in [1.807, 2.05) is 77.1 Å². The van der Waals surface area contributed by atoms with Gasteiger partial charge >= 0.3 is 6.03 Å². The molecule has 0 unspecified atom stereocenters. The summed E-state index contributed by atoms with van der Waals surface area (Å²) in [4.78, 5) is 17.4. The van der Waals surface area contributed by atoms with Gasteiger partial charge in [0.25, 0.3) is 0 Å². The Morgan fingerprint density at radius 2 is 1.90 bits per heavy atom. The topological polar surface area (TPSA) is 89.2 Å². The second kappa shape index (κ2) is 9.43. The first kappa shape index (κ1) is 22.2. The Kier molecular flexibility index (Phi) is 7.23. The van der Waals surface area contributed by atoms with Crippen LogP contribution >= 0.6 is 0 Å². The molecule has 0 heterocycles. The molecule has 0 aliphatic heterocycles. The summed E-state index contributed by atoms with van der Waals surface area (Å²) in [5.74, 6) is 6.20. The molecule has 156 valence electrons. The Morgan fingerprint density at radius 3 is 2.55 bits per heavy atom. The Hall–Kier alpha value is -3.06. The Balaban J connectivity index is 2.16. The molecule has 7 heteroatoms. The van der Waals surface area contributed by atoms with Crippen molar-refractivity contribution in [1.29, 1.82) is 0 Å². The molecule has 2 amide bonds. The molecule has 2 rings (SSSR count). The molecule has 0 spiro atoms. The normalized spacial score (nSPS) is 11.8. The molecule has 0 radical (unpaired) electrons. The van der Waals surface area contributed by atoms with Crippen LogP contribution in [-0.2, 0) is 11.4 Å². The van der Waals surface area contributed by atoms with Crippen molar-refractivity contribution < 1.29 is 14.4 Å². The number of carbonyl (C=O) groups is 1. The lowest BCUT2D eigenvalue weighted by Gasteiger charge is -2.17. The largest absolute Gasteiger partial charge is 0.489 e. The lowest BCUT2D eigenvalue weighted by Crippen LogP contribution is -2.37. The Bertz CT molecular complexity index is 886. The van der Waals surface area contributed by atoms with Gasteiger partial charge in [-0.3, -0.25) is 5.01 Å². The highest BCUT2D eigenvalue weighted by molar-refractivity contribution is 5.98. The maximum Gasteiger partial charge on any atom is 0.335 e. The zero-order valence-corrected chi connectivity index (χ0v) is 17.9. The van der Waals surface area contributed by atoms with Gasteiger partial charge < -0.3 is 14.9 Å². The first-order chi connectivity index (χ1) is 13.6. The molecule has 0 saturated heterocycles. The van der Waals surface area contributed by atoms with Gasteiger partial charge in [0.1, 0.15) is 18.0 Å². The van der Waals surface area contributed by atoms with Crippen LogP contribution in [0.3, 0.4) is 0 Å².